The van der Waals surface area contributed by atoms with Crippen LogP contribution in [0.2, 0.25) is 0 Å². The van der Waals surface area contributed by atoms with Crippen LogP contribution < -0.4 is 0 Å². The zero-order valence-electron chi connectivity index (χ0n) is 9.18. The Hall–Kier alpha value is -1.31. The van der Waals surface area contributed by atoms with Gasteiger partial charge in [-0.1, -0.05) is 42.0 Å². The Kier molecular flexibility index (Phi) is 3.90. The first-order valence-corrected chi connectivity index (χ1v) is 5.02. The molecule has 2 radical (unpaired) electrons. The molecule has 0 aromatic heterocycles. The molecule has 0 fully saturated rings. The molecule has 1 aliphatic carbocycles. The van der Waals surface area contributed by atoms with Crippen LogP contribution in [-0.2, 0) is 4.79 Å². The second kappa shape index (κ2) is 4.97. The van der Waals surface area contributed by atoms with E-state index >= 15 is 0 Å². The van der Waals surface area contributed by atoms with Gasteiger partial charge in [-0.05, 0) is 31.8 Å². The van der Waals surface area contributed by atoms with Crippen LogP contribution in [-0.4, -0.2) is 13.5 Å². The van der Waals surface area contributed by atoms with Crippen molar-refractivity contribution in [2.75, 3.05) is 0 Å². The zero-order valence-corrected chi connectivity index (χ0v) is 9.18. The molecule has 0 heterocycles. The van der Waals surface area contributed by atoms with Crippen molar-refractivity contribution in [3.8, 4) is 0 Å². The topological polar surface area (TPSA) is 17.1 Å². The fourth-order valence-electron chi connectivity index (χ4n) is 1.45. The largest absolute Gasteiger partial charge is 0.308 e. The first-order valence-electron chi connectivity index (χ1n) is 5.02. The molecule has 15 heavy (non-hydrogen) atoms. The minimum atomic E-state index is -0.319. The highest BCUT2D eigenvalue weighted by atomic mass is 16.1. The highest BCUT2D eigenvalue weighted by Gasteiger charge is 2.11. The lowest BCUT2D eigenvalue weighted by molar-refractivity contribution is -0.108. The molecule has 0 saturated heterocycles. The number of allylic oxidation sites excluding steroid dienone is 6. The lowest BCUT2D eigenvalue weighted by atomic mass is 9.91. The summed E-state index contributed by atoms with van der Waals surface area (Å²) in [6, 6.07) is 0. The summed E-state index contributed by atoms with van der Waals surface area (Å²) in [6.45, 7) is 9.73. The maximum atomic E-state index is 10.9. The molecule has 0 spiro atoms. The van der Waals surface area contributed by atoms with Gasteiger partial charge in [-0.25, -0.2) is 0 Å². The molecule has 0 unspecified atom stereocenters. The van der Waals surface area contributed by atoms with E-state index in [1.165, 1.54) is 5.57 Å². The quantitative estimate of drug-likeness (QED) is 0.490. The van der Waals surface area contributed by atoms with E-state index in [-0.39, 0.29) is 5.68 Å². The molecule has 1 aliphatic rings. The molecule has 1 nitrogen and oxygen atoms in total. The Balaban J connectivity index is 2.37. The lowest BCUT2D eigenvalue weighted by Gasteiger charge is -2.06. The van der Waals surface area contributed by atoms with E-state index in [1.807, 2.05) is 13.0 Å². The molecule has 0 bridgehead atoms. The van der Waals surface area contributed by atoms with E-state index in [4.69, 9.17) is 7.85 Å². The zero-order chi connectivity index (χ0) is 11.4. The summed E-state index contributed by atoms with van der Waals surface area (Å²) >= 11 is 0. The normalized spacial score (nSPS) is 14.5. The van der Waals surface area contributed by atoms with Crippen molar-refractivity contribution < 1.29 is 4.79 Å². The minimum absolute atomic E-state index is 0.319. The molecular weight excluding hydrogens is 183 g/mol. The summed E-state index contributed by atoms with van der Waals surface area (Å²) in [5, 5.41) is 0. The second-order valence-corrected chi connectivity index (χ2v) is 3.94. The van der Waals surface area contributed by atoms with E-state index in [0.717, 1.165) is 24.0 Å². The van der Waals surface area contributed by atoms with Crippen LogP contribution in [0.4, 0.5) is 0 Å². The smallest absolute Gasteiger partial charge is 0.174 e. The first-order chi connectivity index (χ1) is 7.00. The highest BCUT2D eigenvalue weighted by Crippen LogP contribution is 2.25. The van der Waals surface area contributed by atoms with E-state index in [9.17, 15) is 4.79 Å². The average Bonchev–Trinajstić information content (AvgIpc) is 2.62. The predicted octanol–water partition coefficient (Wildman–Crippen LogP) is 2.85. The fraction of sp³-hybridized carbons (Fsp3) is 0.308. The Morgan fingerprint density at radius 1 is 1.47 bits per heavy atom. The SMILES string of the molecule is [B]C(=O)C1=CC=C(CCC(=C)C(=C)C)C1. The monoisotopic (exact) mass is 198 g/mol. The van der Waals surface area contributed by atoms with Crippen molar-refractivity contribution in [2.24, 2.45) is 0 Å². The van der Waals surface area contributed by atoms with Crippen molar-refractivity contribution in [3.05, 3.63) is 47.6 Å². The second-order valence-electron chi connectivity index (χ2n) is 3.94. The molecule has 0 N–H and O–H groups in total. The van der Waals surface area contributed by atoms with Gasteiger partial charge >= 0.3 is 0 Å². The van der Waals surface area contributed by atoms with E-state index in [2.05, 4.69) is 13.2 Å². The third-order valence-electron chi connectivity index (χ3n) is 2.61. The molecule has 1 rings (SSSR count). The van der Waals surface area contributed by atoms with Gasteiger partial charge in [0.15, 0.2) is 7.85 Å². The van der Waals surface area contributed by atoms with Crippen LogP contribution >= 0.6 is 0 Å². The molecule has 0 amide bonds. The minimum Gasteiger partial charge on any atom is -0.308 e. The third-order valence-corrected chi connectivity index (χ3v) is 2.61. The summed E-state index contributed by atoms with van der Waals surface area (Å²) < 4.78 is 0. The lowest BCUT2D eigenvalue weighted by Crippen LogP contribution is -1.99. The van der Waals surface area contributed by atoms with Crippen molar-refractivity contribution in [3.63, 3.8) is 0 Å². The molecule has 0 aromatic carbocycles. The van der Waals surface area contributed by atoms with Crippen LogP contribution in [0.15, 0.2) is 47.6 Å². The van der Waals surface area contributed by atoms with Gasteiger partial charge in [0.2, 0.25) is 0 Å². The number of hydrogen-bond acceptors (Lipinski definition) is 1. The van der Waals surface area contributed by atoms with Crippen LogP contribution in [0.25, 0.3) is 0 Å². The highest BCUT2D eigenvalue weighted by molar-refractivity contribution is 6.62. The maximum absolute atomic E-state index is 10.9. The Morgan fingerprint density at radius 2 is 2.13 bits per heavy atom. The summed E-state index contributed by atoms with van der Waals surface area (Å²) in [5.74, 6) is 0. The van der Waals surface area contributed by atoms with Gasteiger partial charge in [0.25, 0.3) is 0 Å². The maximum Gasteiger partial charge on any atom is 0.174 e. The molecule has 2 heteroatoms. The number of rotatable bonds is 5. The van der Waals surface area contributed by atoms with E-state index in [0.29, 0.717) is 12.0 Å². The average molecular weight is 198 g/mol. The van der Waals surface area contributed by atoms with Crippen molar-refractivity contribution in [1.29, 1.82) is 0 Å². The molecule has 0 saturated carbocycles. The van der Waals surface area contributed by atoms with Crippen LogP contribution in [0, 0.1) is 0 Å². The van der Waals surface area contributed by atoms with Crippen LogP contribution in [0.1, 0.15) is 26.2 Å². The van der Waals surface area contributed by atoms with Crippen LogP contribution in [0.5, 0.6) is 0 Å². The van der Waals surface area contributed by atoms with Gasteiger partial charge in [-0.3, -0.25) is 0 Å². The van der Waals surface area contributed by atoms with E-state index in [1.54, 1.807) is 6.08 Å². The molecule has 0 atom stereocenters. The summed E-state index contributed by atoms with van der Waals surface area (Å²) in [5.41, 5.74) is 3.72. The van der Waals surface area contributed by atoms with Gasteiger partial charge in [0, 0.05) is 0 Å². The number of carbonyl (C=O) groups is 1. The van der Waals surface area contributed by atoms with Gasteiger partial charge in [0.1, 0.15) is 5.68 Å². The molecular formula is C13H15BO. The van der Waals surface area contributed by atoms with Gasteiger partial charge in [-0.15, -0.1) is 0 Å². The Labute approximate surface area is 92.7 Å². The summed E-state index contributed by atoms with van der Waals surface area (Å²) in [6.07, 6.45) is 6.31. The van der Waals surface area contributed by atoms with Crippen molar-refractivity contribution >= 4 is 13.5 Å². The number of hydrogen-bond donors (Lipinski definition) is 0. The van der Waals surface area contributed by atoms with Crippen molar-refractivity contribution in [2.45, 2.75) is 26.2 Å². The standard InChI is InChI=1S/C13H15BO/c1-9(2)10(3)4-5-11-6-7-12(8-11)13(14)15/h6-7H,1,3-5,8H2,2H3. The third kappa shape index (κ3) is 3.39. The molecule has 0 aromatic rings. The van der Waals surface area contributed by atoms with Crippen LogP contribution in [0.3, 0.4) is 0 Å². The van der Waals surface area contributed by atoms with Crippen molar-refractivity contribution in [1.82, 2.24) is 0 Å². The van der Waals surface area contributed by atoms with Gasteiger partial charge in [-0.2, -0.15) is 0 Å². The fourth-order valence-corrected chi connectivity index (χ4v) is 1.45. The predicted molar refractivity (Wildman–Crippen MR) is 64.7 cm³/mol. The first kappa shape index (κ1) is 11.8. The number of carbonyl (C=O) groups excluding carboxylic acids is 1. The summed E-state index contributed by atoms with van der Waals surface area (Å²) in [4.78, 5) is 10.9. The molecule has 0 aliphatic heterocycles. The molecule has 76 valence electrons. The van der Waals surface area contributed by atoms with Gasteiger partial charge < -0.3 is 4.79 Å². The van der Waals surface area contributed by atoms with Gasteiger partial charge in [0.05, 0.1) is 0 Å². The summed E-state index contributed by atoms with van der Waals surface area (Å²) in [7, 11) is 5.19. The Morgan fingerprint density at radius 3 is 2.60 bits per heavy atom. The Bertz CT molecular complexity index is 372. The van der Waals surface area contributed by atoms with E-state index < -0.39 is 0 Å².